The van der Waals surface area contributed by atoms with E-state index in [1.807, 2.05) is 30.3 Å². The van der Waals surface area contributed by atoms with Crippen LogP contribution in [0.1, 0.15) is 0 Å². The standard InChI is InChI=1S/C10H8ClN3/c11-10-9(14-8(12)6-13-10)7-4-2-1-3-5-7/h1-6H,(H2,12,14). The number of benzene rings is 1. The van der Waals surface area contributed by atoms with E-state index in [0.717, 1.165) is 5.56 Å². The van der Waals surface area contributed by atoms with Crippen LogP contribution >= 0.6 is 11.6 Å². The van der Waals surface area contributed by atoms with Crippen LogP contribution in [0.3, 0.4) is 0 Å². The minimum atomic E-state index is 0.366. The van der Waals surface area contributed by atoms with Crippen molar-refractivity contribution in [2.75, 3.05) is 5.73 Å². The van der Waals surface area contributed by atoms with Crippen LogP contribution in [0.5, 0.6) is 0 Å². The molecule has 14 heavy (non-hydrogen) atoms. The van der Waals surface area contributed by atoms with Gasteiger partial charge < -0.3 is 5.73 Å². The highest BCUT2D eigenvalue weighted by molar-refractivity contribution is 6.31. The average molecular weight is 206 g/mol. The molecule has 1 aromatic heterocycles. The highest BCUT2D eigenvalue weighted by Crippen LogP contribution is 2.23. The minimum absolute atomic E-state index is 0.366. The highest BCUT2D eigenvalue weighted by atomic mass is 35.5. The van der Waals surface area contributed by atoms with Gasteiger partial charge in [-0.15, -0.1) is 0 Å². The van der Waals surface area contributed by atoms with Gasteiger partial charge in [0.05, 0.1) is 6.20 Å². The molecule has 0 aliphatic rings. The lowest BCUT2D eigenvalue weighted by Crippen LogP contribution is -1.95. The van der Waals surface area contributed by atoms with Crippen molar-refractivity contribution in [3.63, 3.8) is 0 Å². The van der Waals surface area contributed by atoms with Crippen LogP contribution in [-0.4, -0.2) is 9.97 Å². The predicted octanol–water partition coefficient (Wildman–Crippen LogP) is 2.38. The number of halogens is 1. The summed E-state index contributed by atoms with van der Waals surface area (Å²) in [5.41, 5.74) is 7.06. The summed E-state index contributed by atoms with van der Waals surface area (Å²) in [4.78, 5) is 8.06. The maximum absolute atomic E-state index is 5.90. The molecule has 0 amide bonds. The van der Waals surface area contributed by atoms with Gasteiger partial charge >= 0.3 is 0 Å². The van der Waals surface area contributed by atoms with Crippen molar-refractivity contribution in [3.8, 4) is 11.3 Å². The van der Waals surface area contributed by atoms with Gasteiger partial charge in [0.2, 0.25) is 0 Å². The third-order valence-corrected chi connectivity index (χ3v) is 2.07. The van der Waals surface area contributed by atoms with Gasteiger partial charge in [-0.05, 0) is 0 Å². The smallest absolute Gasteiger partial charge is 0.155 e. The molecule has 3 nitrogen and oxygen atoms in total. The number of hydrogen-bond acceptors (Lipinski definition) is 3. The van der Waals surface area contributed by atoms with Crippen molar-refractivity contribution in [3.05, 3.63) is 41.7 Å². The summed E-state index contributed by atoms with van der Waals surface area (Å²) < 4.78 is 0. The van der Waals surface area contributed by atoms with Gasteiger partial charge in [-0.25, -0.2) is 9.97 Å². The topological polar surface area (TPSA) is 51.8 Å². The van der Waals surface area contributed by atoms with E-state index in [1.165, 1.54) is 6.20 Å². The lowest BCUT2D eigenvalue weighted by molar-refractivity contribution is 1.22. The fourth-order valence-corrected chi connectivity index (χ4v) is 1.37. The van der Waals surface area contributed by atoms with Crippen LogP contribution in [0, 0.1) is 0 Å². The summed E-state index contributed by atoms with van der Waals surface area (Å²) in [6.07, 6.45) is 1.44. The molecule has 0 radical (unpaired) electrons. The normalized spacial score (nSPS) is 10.1. The Labute approximate surface area is 86.6 Å². The summed E-state index contributed by atoms with van der Waals surface area (Å²) in [5, 5.41) is 0.366. The molecule has 2 aromatic rings. The molecule has 0 saturated heterocycles. The van der Waals surface area contributed by atoms with E-state index in [1.54, 1.807) is 0 Å². The Morgan fingerprint density at radius 1 is 1.14 bits per heavy atom. The Morgan fingerprint density at radius 3 is 2.57 bits per heavy atom. The molecule has 70 valence electrons. The Bertz CT molecular complexity index is 442. The number of aromatic nitrogens is 2. The fraction of sp³-hybridized carbons (Fsp3) is 0. The Kier molecular flexibility index (Phi) is 2.33. The van der Waals surface area contributed by atoms with Gasteiger partial charge in [-0.2, -0.15) is 0 Å². The van der Waals surface area contributed by atoms with Gasteiger partial charge in [0, 0.05) is 5.56 Å². The number of nitrogens with zero attached hydrogens (tertiary/aromatic N) is 2. The molecule has 0 aliphatic heterocycles. The second-order valence-corrected chi connectivity index (χ2v) is 3.16. The number of nitrogen functional groups attached to an aromatic ring is 1. The first-order valence-electron chi connectivity index (χ1n) is 4.11. The van der Waals surface area contributed by atoms with E-state index in [4.69, 9.17) is 17.3 Å². The molecule has 0 bridgehead atoms. The van der Waals surface area contributed by atoms with Crippen LogP contribution in [0.2, 0.25) is 5.15 Å². The van der Waals surface area contributed by atoms with Crippen molar-refractivity contribution in [1.82, 2.24) is 9.97 Å². The zero-order chi connectivity index (χ0) is 9.97. The van der Waals surface area contributed by atoms with Crippen molar-refractivity contribution >= 4 is 17.4 Å². The van der Waals surface area contributed by atoms with Crippen LogP contribution < -0.4 is 5.73 Å². The third kappa shape index (κ3) is 1.67. The maximum atomic E-state index is 5.90. The van der Waals surface area contributed by atoms with Gasteiger partial charge in [0.1, 0.15) is 11.5 Å². The molecule has 2 N–H and O–H groups in total. The number of rotatable bonds is 1. The van der Waals surface area contributed by atoms with E-state index < -0.39 is 0 Å². The average Bonchev–Trinajstić information content (AvgIpc) is 2.23. The lowest BCUT2D eigenvalue weighted by atomic mass is 10.2. The van der Waals surface area contributed by atoms with Crippen molar-refractivity contribution in [2.24, 2.45) is 0 Å². The monoisotopic (exact) mass is 205 g/mol. The van der Waals surface area contributed by atoms with E-state index in [9.17, 15) is 0 Å². The zero-order valence-corrected chi connectivity index (χ0v) is 8.07. The molecule has 0 saturated carbocycles. The molecular formula is C10H8ClN3. The molecule has 0 unspecified atom stereocenters. The van der Waals surface area contributed by atoms with Crippen LogP contribution in [-0.2, 0) is 0 Å². The van der Waals surface area contributed by atoms with Crippen LogP contribution in [0.4, 0.5) is 5.82 Å². The number of nitrogens with two attached hydrogens (primary N) is 1. The molecule has 0 spiro atoms. The Morgan fingerprint density at radius 2 is 1.86 bits per heavy atom. The Balaban J connectivity index is 2.57. The quantitative estimate of drug-likeness (QED) is 0.778. The summed E-state index contributed by atoms with van der Waals surface area (Å²) in [6, 6.07) is 9.58. The molecule has 4 heteroatoms. The van der Waals surface area contributed by atoms with E-state index in [2.05, 4.69) is 9.97 Å². The minimum Gasteiger partial charge on any atom is -0.382 e. The summed E-state index contributed by atoms with van der Waals surface area (Å²) >= 11 is 5.90. The highest BCUT2D eigenvalue weighted by Gasteiger charge is 2.05. The summed E-state index contributed by atoms with van der Waals surface area (Å²) in [6.45, 7) is 0. The fourth-order valence-electron chi connectivity index (χ4n) is 1.17. The molecule has 0 aliphatic carbocycles. The number of anilines is 1. The number of hydrogen-bond donors (Lipinski definition) is 1. The third-order valence-electron chi connectivity index (χ3n) is 1.79. The van der Waals surface area contributed by atoms with E-state index in [-0.39, 0.29) is 0 Å². The zero-order valence-electron chi connectivity index (χ0n) is 7.31. The largest absolute Gasteiger partial charge is 0.382 e. The van der Waals surface area contributed by atoms with Gasteiger partial charge in [-0.1, -0.05) is 41.9 Å². The molecule has 0 fully saturated rings. The van der Waals surface area contributed by atoms with E-state index in [0.29, 0.717) is 16.7 Å². The predicted molar refractivity (Wildman–Crippen MR) is 56.9 cm³/mol. The van der Waals surface area contributed by atoms with Crippen molar-refractivity contribution < 1.29 is 0 Å². The van der Waals surface area contributed by atoms with Crippen molar-refractivity contribution in [1.29, 1.82) is 0 Å². The maximum Gasteiger partial charge on any atom is 0.155 e. The first-order chi connectivity index (χ1) is 6.77. The first-order valence-corrected chi connectivity index (χ1v) is 4.48. The van der Waals surface area contributed by atoms with Crippen LogP contribution in [0.25, 0.3) is 11.3 Å². The van der Waals surface area contributed by atoms with Crippen LogP contribution in [0.15, 0.2) is 36.5 Å². The van der Waals surface area contributed by atoms with Crippen molar-refractivity contribution in [2.45, 2.75) is 0 Å². The summed E-state index contributed by atoms with van der Waals surface area (Å²) in [5.74, 6) is 0.369. The summed E-state index contributed by atoms with van der Waals surface area (Å²) in [7, 11) is 0. The second-order valence-electron chi connectivity index (χ2n) is 2.80. The van der Waals surface area contributed by atoms with E-state index >= 15 is 0 Å². The van der Waals surface area contributed by atoms with Gasteiger partial charge in [0.25, 0.3) is 0 Å². The SMILES string of the molecule is Nc1cnc(Cl)c(-c2ccccc2)n1. The molecule has 1 heterocycles. The second kappa shape index (κ2) is 3.64. The van der Waals surface area contributed by atoms with Gasteiger partial charge in [-0.3, -0.25) is 0 Å². The lowest BCUT2D eigenvalue weighted by Gasteiger charge is -2.02. The Hall–Kier alpha value is -1.61. The van der Waals surface area contributed by atoms with Gasteiger partial charge in [0.15, 0.2) is 5.15 Å². The first kappa shape index (κ1) is 8.97. The molecular weight excluding hydrogens is 198 g/mol. The molecule has 1 aromatic carbocycles. The molecule has 0 atom stereocenters. The molecule has 2 rings (SSSR count).